The smallest absolute Gasteiger partial charge is 0.357 e. The van der Waals surface area contributed by atoms with Crippen LogP contribution in [0.4, 0.5) is 0 Å². The summed E-state index contributed by atoms with van der Waals surface area (Å²) < 4.78 is 6.51. The van der Waals surface area contributed by atoms with Gasteiger partial charge in [-0.05, 0) is 30.7 Å². The largest absolute Gasteiger partial charge is 0.461 e. The number of halogens is 1. The Hall–Kier alpha value is -1.95. The monoisotopic (exact) mass is 266 g/mol. The molecular formula is C11H11ClN4O2. The van der Waals surface area contributed by atoms with E-state index in [9.17, 15) is 4.79 Å². The maximum Gasteiger partial charge on any atom is 0.357 e. The lowest BCUT2D eigenvalue weighted by atomic mass is 10.2. The minimum Gasteiger partial charge on any atom is -0.461 e. The number of rotatable bonds is 3. The van der Waals surface area contributed by atoms with Crippen molar-refractivity contribution in [2.24, 2.45) is 7.05 Å². The van der Waals surface area contributed by atoms with E-state index < -0.39 is 5.97 Å². The molecule has 6 nitrogen and oxygen atoms in total. The van der Waals surface area contributed by atoms with Gasteiger partial charge in [0.2, 0.25) is 5.28 Å². The fraction of sp³-hybridized carbons (Fsp3) is 0.273. The van der Waals surface area contributed by atoms with Crippen molar-refractivity contribution in [2.75, 3.05) is 6.61 Å². The molecule has 0 aromatic carbocycles. The summed E-state index contributed by atoms with van der Waals surface area (Å²) in [5.41, 5.74) is 1.40. The van der Waals surface area contributed by atoms with E-state index in [0.717, 1.165) is 5.69 Å². The lowest BCUT2D eigenvalue weighted by molar-refractivity contribution is 0.0519. The van der Waals surface area contributed by atoms with Gasteiger partial charge in [-0.3, -0.25) is 4.68 Å². The van der Waals surface area contributed by atoms with E-state index in [0.29, 0.717) is 5.69 Å². The number of aryl methyl sites for hydroxylation is 1. The Morgan fingerprint density at radius 3 is 2.89 bits per heavy atom. The second kappa shape index (κ2) is 5.14. The number of esters is 1. The molecule has 2 heterocycles. The van der Waals surface area contributed by atoms with Gasteiger partial charge in [0.25, 0.3) is 0 Å². The predicted octanol–water partition coefficient (Wildman–Crippen LogP) is 1.71. The van der Waals surface area contributed by atoms with Crippen LogP contribution in [-0.2, 0) is 11.8 Å². The molecule has 0 bridgehead atoms. The molecule has 2 aromatic heterocycles. The van der Waals surface area contributed by atoms with Crippen LogP contribution in [0.1, 0.15) is 17.4 Å². The fourth-order valence-corrected chi connectivity index (χ4v) is 1.67. The molecule has 0 aliphatic carbocycles. The Morgan fingerprint density at radius 2 is 2.28 bits per heavy atom. The quantitative estimate of drug-likeness (QED) is 0.625. The molecule has 2 aromatic rings. The van der Waals surface area contributed by atoms with Crippen molar-refractivity contribution in [1.82, 2.24) is 19.7 Å². The molecule has 0 atom stereocenters. The first-order valence-corrected chi connectivity index (χ1v) is 5.69. The van der Waals surface area contributed by atoms with Crippen LogP contribution in [-0.4, -0.2) is 32.3 Å². The summed E-state index contributed by atoms with van der Waals surface area (Å²) in [6, 6.07) is 3.30. The van der Waals surface area contributed by atoms with Crippen LogP contribution >= 0.6 is 11.6 Å². The first kappa shape index (κ1) is 12.5. The van der Waals surface area contributed by atoms with Crippen molar-refractivity contribution in [3.05, 3.63) is 29.3 Å². The standard InChI is InChI=1S/C11H11ClN4O2/c1-3-18-10(17)8-6-7(14-11(12)15-8)9-4-5-13-16(9)2/h4-6H,3H2,1-2H3. The number of hydrogen-bond acceptors (Lipinski definition) is 5. The molecule has 0 spiro atoms. The Bertz CT molecular complexity index is 582. The molecule has 18 heavy (non-hydrogen) atoms. The molecule has 0 N–H and O–H groups in total. The summed E-state index contributed by atoms with van der Waals surface area (Å²) in [4.78, 5) is 19.5. The zero-order valence-corrected chi connectivity index (χ0v) is 10.7. The van der Waals surface area contributed by atoms with Crippen LogP contribution < -0.4 is 0 Å². The van der Waals surface area contributed by atoms with Crippen molar-refractivity contribution in [1.29, 1.82) is 0 Å². The molecule has 0 aliphatic rings. The highest BCUT2D eigenvalue weighted by Gasteiger charge is 2.14. The highest BCUT2D eigenvalue weighted by molar-refractivity contribution is 6.28. The average molecular weight is 267 g/mol. The van der Waals surface area contributed by atoms with E-state index in [2.05, 4.69) is 15.1 Å². The van der Waals surface area contributed by atoms with Gasteiger partial charge in [0.1, 0.15) is 0 Å². The molecule has 7 heteroatoms. The summed E-state index contributed by atoms with van der Waals surface area (Å²) in [6.07, 6.45) is 1.63. The van der Waals surface area contributed by atoms with Crippen molar-refractivity contribution >= 4 is 17.6 Å². The van der Waals surface area contributed by atoms with Crippen LogP contribution in [0, 0.1) is 0 Å². The normalized spacial score (nSPS) is 10.4. The summed E-state index contributed by atoms with van der Waals surface area (Å²) in [6.45, 7) is 2.00. The van der Waals surface area contributed by atoms with E-state index in [1.807, 2.05) is 0 Å². The molecular weight excluding hydrogens is 256 g/mol. The second-order valence-corrected chi connectivity index (χ2v) is 3.81. The van der Waals surface area contributed by atoms with Gasteiger partial charge in [-0.25, -0.2) is 14.8 Å². The number of nitrogens with zero attached hydrogens (tertiary/aromatic N) is 4. The second-order valence-electron chi connectivity index (χ2n) is 3.47. The van der Waals surface area contributed by atoms with Crippen LogP contribution in [0.2, 0.25) is 5.28 Å². The van der Waals surface area contributed by atoms with E-state index in [-0.39, 0.29) is 17.6 Å². The van der Waals surface area contributed by atoms with Gasteiger partial charge >= 0.3 is 5.97 Å². The van der Waals surface area contributed by atoms with Gasteiger partial charge in [-0.15, -0.1) is 0 Å². The number of carbonyl (C=O) groups excluding carboxylic acids is 1. The molecule has 0 fully saturated rings. The Kier molecular flexibility index (Phi) is 3.57. The van der Waals surface area contributed by atoms with Crippen molar-refractivity contribution in [3.8, 4) is 11.4 Å². The van der Waals surface area contributed by atoms with Crippen LogP contribution in [0.5, 0.6) is 0 Å². The van der Waals surface area contributed by atoms with Crippen molar-refractivity contribution < 1.29 is 9.53 Å². The Morgan fingerprint density at radius 1 is 1.50 bits per heavy atom. The minimum absolute atomic E-state index is 0.00301. The lowest BCUT2D eigenvalue weighted by Crippen LogP contribution is -2.09. The molecule has 0 aliphatic heterocycles. The van der Waals surface area contributed by atoms with E-state index in [1.165, 1.54) is 6.07 Å². The SMILES string of the molecule is CCOC(=O)c1cc(-c2ccnn2C)nc(Cl)n1. The van der Waals surface area contributed by atoms with Crippen LogP contribution in [0.15, 0.2) is 18.3 Å². The van der Waals surface area contributed by atoms with E-state index in [4.69, 9.17) is 16.3 Å². The van der Waals surface area contributed by atoms with Gasteiger partial charge in [0, 0.05) is 13.2 Å². The molecule has 0 unspecified atom stereocenters. The lowest BCUT2D eigenvalue weighted by Gasteiger charge is -2.05. The summed E-state index contributed by atoms with van der Waals surface area (Å²) in [5, 5.41) is 4.03. The molecule has 2 rings (SSSR count). The summed E-state index contributed by atoms with van der Waals surface area (Å²) in [7, 11) is 1.77. The van der Waals surface area contributed by atoms with Crippen LogP contribution in [0.25, 0.3) is 11.4 Å². The number of ether oxygens (including phenoxy) is 1. The van der Waals surface area contributed by atoms with Crippen LogP contribution in [0.3, 0.4) is 0 Å². The maximum atomic E-state index is 11.6. The van der Waals surface area contributed by atoms with E-state index >= 15 is 0 Å². The maximum absolute atomic E-state index is 11.6. The summed E-state index contributed by atoms with van der Waals surface area (Å²) >= 11 is 5.80. The highest BCUT2D eigenvalue weighted by atomic mass is 35.5. The summed E-state index contributed by atoms with van der Waals surface area (Å²) in [5.74, 6) is -0.523. The number of hydrogen-bond donors (Lipinski definition) is 0. The molecule has 0 amide bonds. The molecule has 94 valence electrons. The Labute approximate surface area is 109 Å². The molecule has 0 saturated carbocycles. The van der Waals surface area contributed by atoms with E-state index in [1.54, 1.807) is 30.9 Å². The first-order chi connectivity index (χ1) is 8.61. The first-order valence-electron chi connectivity index (χ1n) is 5.32. The number of aromatic nitrogens is 4. The van der Waals surface area contributed by atoms with Gasteiger partial charge in [0.05, 0.1) is 18.0 Å². The third kappa shape index (κ3) is 2.48. The van der Waals surface area contributed by atoms with Gasteiger partial charge in [-0.2, -0.15) is 5.10 Å². The topological polar surface area (TPSA) is 69.9 Å². The van der Waals surface area contributed by atoms with Gasteiger partial charge in [-0.1, -0.05) is 0 Å². The minimum atomic E-state index is -0.523. The highest BCUT2D eigenvalue weighted by Crippen LogP contribution is 2.18. The fourth-order valence-electron chi connectivity index (χ4n) is 1.48. The average Bonchev–Trinajstić information content (AvgIpc) is 2.75. The molecule has 0 radical (unpaired) electrons. The third-order valence-electron chi connectivity index (χ3n) is 2.27. The van der Waals surface area contributed by atoms with Gasteiger partial charge < -0.3 is 4.74 Å². The van der Waals surface area contributed by atoms with Crippen molar-refractivity contribution in [2.45, 2.75) is 6.92 Å². The van der Waals surface area contributed by atoms with Gasteiger partial charge in [0.15, 0.2) is 5.69 Å². The van der Waals surface area contributed by atoms with Crippen molar-refractivity contribution in [3.63, 3.8) is 0 Å². The zero-order chi connectivity index (χ0) is 13.1. The third-order valence-corrected chi connectivity index (χ3v) is 2.44. The Balaban J connectivity index is 2.44. The predicted molar refractivity (Wildman–Crippen MR) is 65.2 cm³/mol. The molecule has 0 saturated heterocycles. The zero-order valence-electron chi connectivity index (χ0n) is 9.92. The number of carbonyl (C=O) groups is 1.